The van der Waals surface area contributed by atoms with Crippen LogP contribution in [-0.4, -0.2) is 18.8 Å². The fourth-order valence-electron chi connectivity index (χ4n) is 2.21. The molecule has 0 aliphatic rings. The number of Topliss-reactive ketones (excluding diaryl/α,β-unsaturated/α-hetero) is 1. The molecule has 2 rings (SSSR count). The van der Waals surface area contributed by atoms with Gasteiger partial charge in [0.1, 0.15) is 13.8 Å². The van der Waals surface area contributed by atoms with Crippen molar-refractivity contribution in [1.29, 1.82) is 0 Å². The number of unbranched alkanes of at least 4 members (excludes halogenated alkanes) is 1. The number of rotatable bonds is 5. The van der Waals surface area contributed by atoms with Crippen LogP contribution in [0.1, 0.15) is 35.3 Å². The van der Waals surface area contributed by atoms with Crippen molar-refractivity contribution in [3.05, 3.63) is 54.2 Å². The predicted molar refractivity (Wildman–Crippen MR) is 100 cm³/mol. The Labute approximate surface area is 139 Å². The zero-order chi connectivity index (χ0) is 16.9. The zero-order valence-corrected chi connectivity index (χ0v) is 15.1. The number of para-hydroxylation sites is 1. The number of aromatic nitrogens is 1. The van der Waals surface area contributed by atoms with E-state index in [0.29, 0.717) is 17.7 Å². The molecule has 2 nitrogen and oxygen atoms in total. The van der Waals surface area contributed by atoms with Crippen molar-refractivity contribution in [1.82, 2.24) is 4.98 Å². The Morgan fingerprint density at radius 3 is 2.74 bits per heavy atom. The summed E-state index contributed by atoms with van der Waals surface area (Å²) < 4.78 is 0. The largest absolute Gasteiger partial charge is 0.294 e. The van der Waals surface area contributed by atoms with E-state index in [2.05, 4.69) is 42.7 Å². The van der Waals surface area contributed by atoms with Gasteiger partial charge in [-0.05, 0) is 25.0 Å². The molecule has 1 aromatic carbocycles. The van der Waals surface area contributed by atoms with Gasteiger partial charge in [-0.15, -0.1) is 12.1 Å². The van der Waals surface area contributed by atoms with Crippen molar-refractivity contribution < 1.29 is 4.79 Å². The second-order valence-corrected chi connectivity index (χ2v) is 11.4. The lowest BCUT2D eigenvalue weighted by atomic mass is 10.0. The van der Waals surface area contributed by atoms with Crippen LogP contribution in [0.2, 0.25) is 19.6 Å². The molecule has 0 saturated carbocycles. The van der Waals surface area contributed by atoms with Crippen LogP contribution < -0.4 is 0 Å². The van der Waals surface area contributed by atoms with Gasteiger partial charge in [0.15, 0.2) is 5.78 Å². The molecule has 1 aromatic heterocycles. The Morgan fingerprint density at radius 2 is 2.04 bits per heavy atom. The van der Waals surface area contributed by atoms with Crippen LogP contribution in [0, 0.1) is 11.5 Å². The summed E-state index contributed by atoms with van der Waals surface area (Å²) in [5.74, 6) is 3.29. The number of benzene rings is 1. The molecule has 0 amide bonds. The van der Waals surface area contributed by atoms with E-state index in [4.69, 9.17) is 0 Å². The van der Waals surface area contributed by atoms with Gasteiger partial charge in [0, 0.05) is 11.8 Å². The number of nitrogens with zero attached hydrogens (tertiary/aromatic N) is 1. The van der Waals surface area contributed by atoms with Crippen molar-refractivity contribution in [2.45, 2.75) is 38.9 Å². The van der Waals surface area contributed by atoms with E-state index in [9.17, 15) is 4.79 Å². The maximum Gasteiger partial charge on any atom is 0.165 e. The Morgan fingerprint density at radius 1 is 1.30 bits per heavy atom. The molecule has 0 aliphatic heterocycles. The Kier molecular flexibility index (Phi) is 5.52. The summed E-state index contributed by atoms with van der Waals surface area (Å²) in [7, 11) is -1.52. The van der Waals surface area contributed by atoms with E-state index < -0.39 is 8.07 Å². The predicted octanol–water partition coefficient (Wildman–Crippen LogP) is 5.00. The number of carbonyl (C=O) groups excluding carboxylic acids is 1. The number of carbonyl (C=O) groups is 1. The Bertz CT molecular complexity index is 791. The second kappa shape index (κ2) is 7.39. The van der Waals surface area contributed by atoms with Crippen LogP contribution in [0.5, 0.6) is 0 Å². The highest BCUT2D eigenvalue weighted by molar-refractivity contribution is 6.83. The summed E-state index contributed by atoms with van der Waals surface area (Å²) in [6, 6.07) is 9.80. The van der Waals surface area contributed by atoms with Crippen LogP contribution >= 0.6 is 0 Å². The molecule has 3 heteroatoms. The normalized spacial score (nSPS) is 10.9. The first-order chi connectivity index (χ1) is 10.9. The fraction of sp³-hybridized carbons (Fsp3) is 0.300. The molecule has 0 saturated heterocycles. The summed E-state index contributed by atoms with van der Waals surface area (Å²) in [6.07, 6.45) is 4.02. The third-order valence-electron chi connectivity index (χ3n) is 3.39. The standard InChI is InChI=1S/C20H23NOSi/c1-5-6-7-12-20(22)17-15-16-10-8-9-11-18(16)21-19(17)13-14-23(2,3)4/h5,8-11,15H,1,6-7,12H2,2-4H3. The highest BCUT2D eigenvalue weighted by atomic mass is 28.3. The molecule has 0 unspecified atom stereocenters. The van der Waals surface area contributed by atoms with Crippen molar-refractivity contribution in [2.24, 2.45) is 0 Å². The number of ketones is 1. The van der Waals surface area contributed by atoms with Crippen molar-refractivity contribution in [3.8, 4) is 11.5 Å². The first kappa shape index (κ1) is 17.2. The number of allylic oxidation sites excluding steroid dienone is 1. The topological polar surface area (TPSA) is 30.0 Å². The monoisotopic (exact) mass is 321 g/mol. The molecule has 118 valence electrons. The number of fused-ring (bicyclic) bond motifs is 1. The third kappa shape index (κ3) is 4.90. The zero-order valence-electron chi connectivity index (χ0n) is 14.1. The maximum absolute atomic E-state index is 12.6. The van der Waals surface area contributed by atoms with Gasteiger partial charge in [-0.1, -0.05) is 49.8 Å². The summed E-state index contributed by atoms with van der Waals surface area (Å²) in [6.45, 7) is 10.3. The third-order valence-corrected chi connectivity index (χ3v) is 4.27. The van der Waals surface area contributed by atoms with Gasteiger partial charge >= 0.3 is 0 Å². The molecule has 0 bridgehead atoms. The van der Waals surface area contributed by atoms with Crippen molar-refractivity contribution in [3.63, 3.8) is 0 Å². The SMILES string of the molecule is C=CCCCC(=O)c1cc2ccccc2nc1C#C[Si](C)(C)C. The summed E-state index contributed by atoms with van der Waals surface area (Å²) in [5, 5.41) is 0.984. The minimum absolute atomic E-state index is 0.116. The number of hydrogen-bond donors (Lipinski definition) is 0. The van der Waals surface area contributed by atoms with Gasteiger partial charge in [-0.2, -0.15) is 0 Å². The molecule has 2 aromatic rings. The number of hydrogen-bond acceptors (Lipinski definition) is 2. The number of pyridine rings is 1. The summed E-state index contributed by atoms with van der Waals surface area (Å²) >= 11 is 0. The first-order valence-electron chi connectivity index (χ1n) is 7.98. The van der Waals surface area contributed by atoms with Gasteiger partial charge < -0.3 is 0 Å². The van der Waals surface area contributed by atoms with E-state index in [-0.39, 0.29) is 5.78 Å². The molecule has 0 spiro atoms. The molecule has 0 fully saturated rings. The highest BCUT2D eigenvalue weighted by Gasteiger charge is 2.14. The Hall–Kier alpha value is -2.18. The van der Waals surface area contributed by atoms with E-state index in [0.717, 1.165) is 23.7 Å². The van der Waals surface area contributed by atoms with Crippen LogP contribution in [0.15, 0.2) is 43.0 Å². The van der Waals surface area contributed by atoms with E-state index in [1.54, 1.807) is 0 Å². The first-order valence-corrected chi connectivity index (χ1v) is 11.5. The smallest absolute Gasteiger partial charge is 0.165 e. The molecule has 1 heterocycles. The van der Waals surface area contributed by atoms with E-state index >= 15 is 0 Å². The van der Waals surface area contributed by atoms with Crippen LogP contribution in [0.3, 0.4) is 0 Å². The van der Waals surface area contributed by atoms with E-state index in [1.165, 1.54) is 0 Å². The van der Waals surface area contributed by atoms with Crippen molar-refractivity contribution >= 4 is 24.8 Å². The van der Waals surface area contributed by atoms with E-state index in [1.807, 2.05) is 36.4 Å². The molecule has 0 radical (unpaired) electrons. The van der Waals surface area contributed by atoms with Crippen LogP contribution in [0.25, 0.3) is 10.9 Å². The maximum atomic E-state index is 12.6. The lowest BCUT2D eigenvalue weighted by molar-refractivity contribution is 0.0980. The average molecular weight is 321 g/mol. The van der Waals surface area contributed by atoms with Gasteiger partial charge in [0.25, 0.3) is 0 Å². The van der Waals surface area contributed by atoms with Crippen LogP contribution in [-0.2, 0) is 0 Å². The lowest BCUT2D eigenvalue weighted by Crippen LogP contribution is -2.16. The minimum Gasteiger partial charge on any atom is -0.294 e. The van der Waals surface area contributed by atoms with Crippen LogP contribution in [0.4, 0.5) is 0 Å². The molecule has 23 heavy (non-hydrogen) atoms. The minimum atomic E-state index is -1.52. The summed E-state index contributed by atoms with van der Waals surface area (Å²) in [4.78, 5) is 17.2. The Balaban J connectivity index is 2.47. The fourth-order valence-corrected chi connectivity index (χ4v) is 2.71. The quantitative estimate of drug-likeness (QED) is 0.255. The van der Waals surface area contributed by atoms with Crippen molar-refractivity contribution in [2.75, 3.05) is 0 Å². The molecular formula is C20H23NOSi. The molecule has 0 aliphatic carbocycles. The highest BCUT2D eigenvalue weighted by Crippen LogP contribution is 2.19. The summed E-state index contributed by atoms with van der Waals surface area (Å²) in [5.41, 5.74) is 5.48. The van der Waals surface area contributed by atoms with Gasteiger partial charge in [0.2, 0.25) is 0 Å². The molecular weight excluding hydrogens is 298 g/mol. The molecule has 0 atom stereocenters. The lowest BCUT2D eigenvalue weighted by Gasteiger charge is -2.07. The molecule has 0 N–H and O–H groups in total. The van der Waals surface area contributed by atoms with Gasteiger partial charge in [-0.3, -0.25) is 4.79 Å². The van der Waals surface area contributed by atoms with Gasteiger partial charge in [0.05, 0.1) is 11.1 Å². The second-order valence-electron chi connectivity index (χ2n) is 6.68. The average Bonchev–Trinajstić information content (AvgIpc) is 2.51. The van der Waals surface area contributed by atoms with Gasteiger partial charge in [-0.25, -0.2) is 4.98 Å².